The Balaban J connectivity index is 2.41. The minimum Gasteiger partial charge on any atom is -0.497 e. The maximum Gasteiger partial charge on any atom is 0.375 e. The third-order valence-corrected chi connectivity index (χ3v) is 5.23. The van der Waals surface area contributed by atoms with Crippen LogP contribution in [0.15, 0.2) is 24.3 Å². The van der Waals surface area contributed by atoms with Gasteiger partial charge in [-0.3, -0.25) is 4.79 Å². The largest absolute Gasteiger partial charge is 0.497 e. The van der Waals surface area contributed by atoms with Crippen molar-refractivity contribution < 1.29 is 28.5 Å². The van der Waals surface area contributed by atoms with E-state index < -0.39 is 17.5 Å². The minimum absolute atomic E-state index is 0.236. The van der Waals surface area contributed by atoms with Crippen LogP contribution < -0.4 is 4.74 Å². The first-order valence-corrected chi connectivity index (χ1v) is 11.0. The summed E-state index contributed by atoms with van der Waals surface area (Å²) in [6, 6.07) is 6.39. The first kappa shape index (κ1) is 26.1. The molecule has 0 unspecified atom stereocenters. The lowest BCUT2D eigenvalue weighted by Gasteiger charge is -2.26. The predicted molar refractivity (Wildman–Crippen MR) is 117 cm³/mol. The Hall–Kier alpha value is -1.92. The van der Waals surface area contributed by atoms with Crippen LogP contribution in [0.2, 0.25) is 0 Å². The van der Waals surface area contributed by atoms with E-state index in [2.05, 4.69) is 6.92 Å². The molecule has 0 aliphatic carbocycles. The summed E-state index contributed by atoms with van der Waals surface area (Å²) in [6.07, 6.45) is 11.9. The molecule has 0 atom stereocenters. The SMILES string of the molecule is CCCCCCCCCCCCOC(=O)C(OC)(OC)C(=O)c1ccc(OC)cc1. The summed E-state index contributed by atoms with van der Waals surface area (Å²) in [5.74, 6) is -2.93. The molecule has 6 heteroatoms. The van der Waals surface area contributed by atoms with E-state index in [1.807, 2.05) is 0 Å². The van der Waals surface area contributed by atoms with E-state index in [0.717, 1.165) is 19.3 Å². The van der Waals surface area contributed by atoms with Gasteiger partial charge in [0.2, 0.25) is 5.78 Å². The minimum atomic E-state index is -2.10. The fourth-order valence-corrected chi connectivity index (χ4v) is 3.31. The molecule has 0 fully saturated rings. The lowest BCUT2D eigenvalue weighted by Crippen LogP contribution is -2.51. The summed E-state index contributed by atoms with van der Waals surface area (Å²) < 4.78 is 20.8. The molecule has 1 rings (SSSR count). The maximum absolute atomic E-state index is 12.9. The number of hydrogen-bond acceptors (Lipinski definition) is 6. The number of ether oxygens (including phenoxy) is 4. The lowest BCUT2D eigenvalue weighted by molar-refractivity contribution is -0.209. The molecular formula is C24H38O6. The predicted octanol–water partition coefficient (Wildman–Crippen LogP) is 5.33. The van der Waals surface area contributed by atoms with Crippen LogP contribution in [0.3, 0.4) is 0 Å². The number of unbranched alkanes of at least 4 members (excludes halogenated alkanes) is 9. The fraction of sp³-hybridized carbons (Fsp3) is 0.667. The molecule has 170 valence electrons. The second kappa shape index (κ2) is 15.0. The number of carbonyl (C=O) groups is 2. The van der Waals surface area contributed by atoms with Crippen LogP contribution in [-0.2, 0) is 19.0 Å². The molecule has 0 saturated carbocycles. The van der Waals surface area contributed by atoms with Gasteiger partial charge < -0.3 is 18.9 Å². The highest BCUT2D eigenvalue weighted by atomic mass is 16.7. The van der Waals surface area contributed by atoms with Crippen molar-refractivity contribution in [2.75, 3.05) is 27.9 Å². The maximum atomic E-state index is 12.9. The molecule has 0 spiro atoms. The highest BCUT2D eigenvalue weighted by Crippen LogP contribution is 2.23. The van der Waals surface area contributed by atoms with Gasteiger partial charge in [-0.25, -0.2) is 4.79 Å². The van der Waals surface area contributed by atoms with Crippen molar-refractivity contribution in [2.24, 2.45) is 0 Å². The number of methoxy groups -OCH3 is 3. The smallest absolute Gasteiger partial charge is 0.375 e. The molecule has 0 radical (unpaired) electrons. The van der Waals surface area contributed by atoms with Gasteiger partial charge in [0, 0.05) is 19.8 Å². The van der Waals surface area contributed by atoms with Crippen molar-refractivity contribution in [2.45, 2.75) is 76.9 Å². The molecule has 0 aromatic heterocycles. The van der Waals surface area contributed by atoms with E-state index in [4.69, 9.17) is 18.9 Å². The van der Waals surface area contributed by atoms with Crippen molar-refractivity contribution in [1.29, 1.82) is 0 Å². The zero-order valence-corrected chi connectivity index (χ0v) is 19.0. The summed E-state index contributed by atoms with van der Waals surface area (Å²) in [5, 5.41) is 0. The van der Waals surface area contributed by atoms with Crippen molar-refractivity contribution in [3.05, 3.63) is 29.8 Å². The number of Topliss-reactive ketones (excluding diaryl/α,β-unsaturated/α-hetero) is 1. The first-order chi connectivity index (χ1) is 14.6. The quantitative estimate of drug-likeness (QED) is 0.111. The summed E-state index contributed by atoms with van der Waals surface area (Å²) in [4.78, 5) is 25.5. The van der Waals surface area contributed by atoms with Gasteiger partial charge in [-0.15, -0.1) is 0 Å². The number of benzene rings is 1. The van der Waals surface area contributed by atoms with E-state index in [-0.39, 0.29) is 12.2 Å². The van der Waals surface area contributed by atoms with Gasteiger partial charge in [0.05, 0.1) is 13.7 Å². The first-order valence-electron chi connectivity index (χ1n) is 11.0. The standard InChI is InChI=1S/C24H38O6/c1-5-6-7-8-9-10-11-12-13-14-19-30-23(26)24(28-3,29-4)22(25)20-15-17-21(27-2)18-16-20/h15-18H,5-14,19H2,1-4H3. The molecule has 0 aliphatic rings. The molecule has 0 bridgehead atoms. The Morgan fingerprint density at radius 3 is 1.73 bits per heavy atom. The van der Waals surface area contributed by atoms with Crippen molar-refractivity contribution in [1.82, 2.24) is 0 Å². The molecule has 0 N–H and O–H groups in total. The topological polar surface area (TPSA) is 71.1 Å². The monoisotopic (exact) mass is 422 g/mol. The van der Waals surface area contributed by atoms with E-state index >= 15 is 0 Å². The average Bonchev–Trinajstić information content (AvgIpc) is 2.78. The van der Waals surface area contributed by atoms with Gasteiger partial charge in [-0.1, -0.05) is 64.7 Å². The number of ketones is 1. The molecule has 0 heterocycles. The number of esters is 1. The Bertz CT molecular complexity index is 607. The third-order valence-electron chi connectivity index (χ3n) is 5.23. The molecule has 0 amide bonds. The zero-order chi connectivity index (χ0) is 22.2. The highest BCUT2D eigenvalue weighted by molar-refractivity contribution is 6.14. The lowest BCUT2D eigenvalue weighted by atomic mass is 10.0. The Morgan fingerprint density at radius 1 is 0.767 bits per heavy atom. The van der Waals surface area contributed by atoms with Crippen LogP contribution in [0.4, 0.5) is 0 Å². The van der Waals surface area contributed by atoms with E-state index in [1.165, 1.54) is 66.3 Å². The van der Waals surface area contributed by atoms with Gasteiger partial charge in [-0.05, 0) is 30.7 Å². The van der Waals surface area contributed by atoms with Crippen molar-refractivity contribution >= 4 is 11.8 Å². The molecule has 1 aromatic rings. The normalized spacial score (nSPS) is 11.3. The molecule has 0 aliphatic heterocycles. The Morgan fingerprint density at radius 2 is 1.27 bits per heavy atom. The van der Waals surface area contributed by atoms with Crippen LogP contribution >= 0.6 is 0 Å². The average molecular weight is 423 g/mol. The second-order valence-corrected chi connectivity index (χ2v) is 7.40. The van der Waals surface area contributed by atoms with Crippen molar-refractivity contribution in [3.63, 3.8) is 0 Å². The number of rotatable bonds is 17. The van der Waals surface area contributed by atoms with Gasteiger partial charge in [0.1, 0.15) is 5.75 Å². The number of hydrogen-bond donors (Lipinski definition) is 0. The van der Waals surface area contributed by atoms with Gasteiger partial charge in [-0.2, -0.15) is 0 Å². The van der Waals surface area contributed by atoms with E-state index in [0.29, 0.717) is 5.75 Å². The highest BCUT2D eigenvalue weighted by Gasteiger charge is 2.49. The Labute approximate surface area is 181 Å². The van der Waals surface area contributed by atoms with Crippen LogP contribution in [0.5, 0.6) is 5.75 Å². The van der Waals surface area contributed by atoms with Crippen LogP contribution in [0.1, 0.15) is 81.5 Å². The van der Waals surface area contributed by atoms with E-state index in [1.54, 1.807) is 24.3 Å². The zero-order valence-electron chi connectivity index (χ0n) is 19.0. The summed E-state index contributed by atoms with van der Waals surface area (Å²) in [6.45, 7) is 2.46. The third kappa shape index (κ3) is 8.07. The summed E-state index contributed by atoms with van der Waals surface area (Å²) in [5.41, 5.74) is 0.274. The molecule has 6 nitrogen and oxygen atoms in total. The van der Waals surface area contributed by atoms with Gasteiger partial charge in [0.15, 0.2) is 0 Å². The summed E-state index contributed by atoms with van der Waals surface area (Å²) >= 11 is 0. The fourth-order valence-electron chi connectivity index (χ4n) is 3.31. The van der Waals surface area contributed by atoms with Gasteiger partial charge >= 0.3 is 11.8 Å². The Kier molecular flexibility index (Phi) is 13.0. The van der Waals surface area contributed by atoms with Crippen LogP contribution in [0.25, 0.3) is 0 Å². The van der Waals surface area contributed by atoms with Crippen LogP contribution in [0, 0.1) is 0 Å². The molecule has 30 heavy (non-hydrogen) atoms. The second-order valence-electron chi connectivity index (χ2n) is 7.40. The molecule has 0 saturated heterocycles. The van der Waals surface area contributed by atoms with Crippen molar-refractivity contribution in [3.8, 4) is 5.75 Å². The van der Waals surface area contributed by atoms with E-state index in [9.17, 15) is 9.59 Å². The van der Waals surface area contributed by atoms with Crippen LogP contribution in [-0.4, -0.2) is 45.5 Å². The number of carbonyl (C=O) groups excluding carboxylic acids is 2. The summed E-state index contributed by atoms with van der Waals surface area (Å²) in [7, 11) is 4.05. The van der Waals surface area contributed by atoms with Gasteiger partial charge in [0.25, 0.3) is 0 Å². The molecule has 1 aromatic carbocycles. The molecular weight excluding hydrogens is 384 g/mol.